The maximum atomic E-state index is 6.49. The van der Waals surface area contributed by atoms with Crippen molar-refractivity contribution in [3.05, 3.63) is 143 Å². The molecule has 3 heteroatoms. The van der Waals surface area contributed by atoms with Crippen LogP contribution < -0.4 is 5.73 Å². The van der Waals surface area contributed by atoms with Crippen LogP contribution in [0.4, 0.5) is 0 Å². The Labute approximate surface area is 255 Å². The Balaban J connectivity index is 0.000000611. The van der Waals surface area contributed by atoms with Crippen LogP contribution in [0.5, 0.6) is 0 Å². The van der Waals surface area contributed by atoms with Crippen LogP contribution in [0.15, 0.2) is 108 Å². The molecule has 0 amide bonds. The quantitative estimate of drug-likeness (QED) is 0.193. The summed E-state index contributed by atoms with van der Waals surface area (Å²) in [4.78, 5) is 9.71. The van der Waals surface area contributed by atoms with E-state index in [0.29, 0.717) is 18.2 Å². The minimum absolute atomic E-state index is 0.490. The van der Waals surface area contributed by atoms with E-state index in [-0.39, 0.29) is 0 Å². The minimum atomic E-state index is 0.490. The van der Waals surface area contributed by atoms with E-state index in [1.54, 1.807) is 12.2 Å². The van der Waals surface area contributed by atoms with Gasteiger partial charge in [-0.2, -0.15) is 0 Å². The van der Waals surface area contributed by atoms with E-state index in [0.717, 1.165) is 36.8 Å². The Hall–Kier alpha value is -4.24. The fraction of sp³-hybridized carbons (Fsp3) is 0.282. The number of fused-ring (bicyclic) bond motifs is 2. The summed E-state index contributed by atoms with van der Waals surface area (Å²) in [7, 11) is 0. The van der Waals surface area contributed by atoms with Gasteiger partial charge in [-0.25, -0.2) is 4.99 Å². The molecule has 0 saturated heterocycles. The molecule has 0 saturated carbocycles. The highest BCUT2D eigenvalue weighted by molar-refractivity contribution is 6.11. The van der Waals surface area contributed by atoms with Crippen molar-refractivity contribution in [3.63, 3.8) is 0 Å². The van der Waals surface area contributed by atoms with Gasteiger partial charge in [-0.3, -0.25) is 4.99 Å². The van der Waals surface area contributed by atoms with Gasteiger partial charge >= 0.3 is 0 Å². The van der Waals surface area contributed by atoms with Crippen molar-refractivity contribution < 1.29 is 0 Å². The summed E-state index contributed by atoms with van der Waals surface area (Å²) < 4.78 is 0. The van der Waals surface area contributed by atoms with Gasteiger partial charge < -0.3 is 5.73 Å². The summed E-state index contributed by atoms with van der Waals surface area (Å²) in [5.41, 5.74) is 16.1. The zero-order valence-corrected chi connectivity index (χ0v) is 26.4. The monoisotopic (exact) mass is 559 g/mol. The molecule has 3 aromatic rings. The van der Waals surface area contributed by atoms with Crippen molar-refractivity contribution >= 4 is 23.8 Å². The largest absolute Gasteiger partial charge is 0.383 e. The normalized spacial score (nSPS) is 13.1. The molecule has 0 unspecified atom stereocenters. The molecule has 2 aliphatic carbocycles. The molecular formula is C39H49N3. The van der Waals surface area contributed by atoms with Crippen LogP contribution in [0, 0.1) is 6.92 Å². The molecule has 0 spiro atoms. The topological polar surface area (TPSA) is 50.7 Å². The van der Waals surface area contributed by atoms with Gasteiger partial charge in [0.05, 0.1) is 6.54 Å². The number of aliphatic imine (C=N–C) groups is 2. The van der Waals surface area contributed by atoms with Crippen LogP contribution in [-0.2, 0) is 19.4 Å². The van der Waals surface area contributed by atoms with Crippen LogP contribution in [-0.4, -0.2) is 11.7 Å². The van der Waals surface area contributed by atoms with E-state index in [1.807, 2.05) is 13.8 Å². The molecular weight excluding hydrogens is 510 g/mol. The zero-order chi connectivity index (χ0) is 30.7. The molecule has 220 valence electrons. The third kappa shape index (κ3) is 11.0. The zero-order valence-electron chi connectivity index (χ0n) is 26.4. The van der Waals surface area contributed by atoms with Gasteiger partial charge in [0, 0.05) is 11.1 Å². The second-order valence-corrected chi connectivity index (χ2v) is 10.4. The van der Waals surface area contributed by atoms with Crippen molar-refractivity contribution in [2.45, 2.75) is 73.3 Å². The fourth-order valence-corrected chi connectivity index (χ4v) is 4.40. The highest BCUT2D eigenvalue weighted by Gasteiger charge is 2.10. The molecule has 0 fully saturated rings. The molecule has 0 radical (unpaired) electrons. The van der Waals surface area contributed by atoms with Crippen molar-refractivity contribution in [3.8, 4) is 0 Å². The van der Waals surface area contributed by atoms with Crippen LogP contribution in [0.1, 0.15) is 91.5 Å². The van der Waals surface area contributed by atoms with Crippen molar-refractivity contribution in [2.75, 3.05) is 0 Å². The summed E-state index contributed by atoms with van der Waals surface area (Å²) in [6.07, 6.45) is 18.0. The van der Waals surface area contributed by atoms with Gasteiger partial charge in [-0.1, -0.05) is 111 Å². The van der Waals surface area contributed by atoms with E-state index >= 15 is 0 Å². The maximum Gasteiger partial charge on any atom is 0.157 e. The molecule has 0 bridgehead atoms. The van der Waals surface area contributed by atoms with E-state index in [4.69, 9.17) is 15.7 Å². The Bertz CT molecular complexity index is 1400. The third-order valence-corrected chi connectivity index (χ3v) is 6.35. The average molecular weight is 560 g/mol. The molecule has 42 heavy (non-hydrogen) atoms. The van der Waals surface area contributed by atoms with Crippen molar-refractivity contribution in [2.24, 2.45) is 15.7 Å². The first-order valence-corrected chi connectivity index (χ1v) is 15.1. The minimum Gasteiger partial charge on any atom is -0.383 e. The van der Waals surface area contributed by atoms with Gasteiger partial charge in [0.2, 0.25) is 0 Å². The van der Waals surface area contributed by atoms with E-state index < -0.39 is 0 Å². The lowest BCUT2D eigenvalue weighted by molar-refractivity contribution is 0.975. The molecule has 0 heterocycles. The molecule has 3 nitrogen and oxygen atoms in total. The lowest BCUT2D eigenvalue weighted by Gasteiger charge is -2.12. The second-order valence-electron chi connectivity index (χ2n) is 10.4. The van der Waals surface area contributed by atoms with E-state index in [2.05, 4.69) is 119 Å². The lowest BCUT2D eigenvalue weighted by Crippen LogP contribution is -2.17. The van der Waals surface area contributed by atoms with Crippen LogP contribution in [0.3, 0.4) is 0 Å². The summed E-state index contributed by atoms with van der Waals surface area (Å²) in [6, 6.07) is 21.3. The van der Waals surface area contributed by atoms with Gasteiger partial charge in [-0.05, 0) is 86.4 Å². The smallest absolute Gasteiger partial charge is 0.157 e. The summed E-state index contributed by atoms with van der Waals surface area (Å²) in [5, 5.41) is 0. The molecule has 0 aromatic heterocycles. The number of allylic oxidation sites excluding steroid dienone is 4. The molecule has 0 atom stereocenters. The van der Waals surface area contributed by atoms with Gasteiger partial charge in [0.25, 0.3) is 0 Å². The van der Waals surface area contributed by atoms with Crippen LogP contribution in [0.2, 0.25) is 0 Å². The number of benzene rings is 3. The number of hydrogen-bond donors (Lipinski definition) is 1. The van der Waals surface area contributed by atoms with Crippen molar-refractivity contribution in [1.82, 2.24) is 0 Å². The van der Waals surface area contributed by atoms with Gasteiger partial charge in [0.15, 0.2) is 5.84 Å². The molecule has 2 N–H and O–H groups in total. The Kier molecular flexibility index (Phi) is 15.4. The number of rotatable bonds is 4. The summed E-state index contributed by atoms with van der Waals surface area (Å²) in [5.74, 6) is 1.15. The molecule has 3 aromatic carbocycles. The van der Waals surface area contributed by atoms with Crippen LogP contribution >= 0.6 is 0 Å². The lowest BCUT2D eigenvalue weighted by atomic mass is 9.95. The first-order valence-electron chi connectivity index (χ1n) is 15.1. The predicted molar refractivity (Wildman–Crippen MR) is 187 cm³/mol. The standard InChI is InChI=1S/C30H29N3.C3H8.2C3H6/c1-21-10-13-25(14-11-21)30(32-20-22-12-15-23-6-2-4-8-26(23)18-22)33-29(31)28-17-16-24-7-3-5-9-27(24)19-28;3*1-3-2/h4-5,8-19H,2-3,6-7,20H2,1H3,(H2,31,32,33);3H2,1-2H3;2*3H,1H2,2H3. The Morgan fingerprint density at radius 2 is 1.29 bits per heavy atom. The van der Waals surface area contributed by atoms with E-state index in [9.17, 15) is 0 Å². The second kappa shape index (κ2) is 19.0. The number of hydrogen-bond acceptors (Lipinski definition) is 1. The summed E-state index contributed by atoms with van der Waals surface area (Å²) >= 11 is 0. The van der Waals surface area contributed by atoms with Crippen molar-refractivity contribution in [1.29, 1.82) is 0 Å². The SMILES string of the molecule is C=CC.C=CC.CCC.Cc1ccc(C(N=C(N)c2ccc3c(c2)C=CCC3)=NCc2ccc3c(c2)C=CCC3)cc1. The average Bonchev–Trinajstić information content (AvgIpc) is 3.00. The Morgan fingerprint density at radius 3 is 1.86 bits per heavy atom. The molecule has 2 aliphatic rings. The third-order valence-electron chi connectivity index (χ3n) is 6.35. The number of nitrogens with zero attached hydrogens (tertiary/aromatic N) is 2. The first-order chi connectivity index (χ1) is 20.4. The maximum absolute atomic E-state index is 6.49. The number of aryl methyl sites for hydroxylation is 3. The van der Waals surface area contributed by atoms with E-state index in [1.165, 1.54) is 39.8 Å². The summed E-state index contributed by atoms with van der Waals surface area (Å²) in [6.45, 7) is 17.4. The molecule has 0 aliphatic heterocycles. The van der Waals surface area contributed by atoms with Gasteiger partial charge in [0.1, 0.15) is 5.84 Å². The number of amidine groups is 2. The highest BCUT2D eigenvalue weighted by atomic mass is 15.0. The fourth-order valence-electron chi connectivity index (χ4n) is 4.40. The number of nitrogens with two attached hydrogens (primary N) is 1. The first kappa shape index (κ1) is 34.0. The van der Waals surface area contributed by atoms with Crippen LogP contribution in [0.25, 0.3) is 12.2 Å². The van der Waals surface area contributed by atoms with Gasteiger partial charge in [-0.15, -0.1) is 13.2 Å². The highest BCUT2D eigenvalue weighted by Crippen LogP contribution is 2.22. The molecule has 5 rings (SSSR count). The predicted octanol–water partition coefficient (Wildman–Crippen LogP) is 10.1. The Morgan fingerprint density at radius 1 is 0.786 bits per heavy atom.